The molecule has 2 aliphatic rings. The van der Waals surface area contributed by atoms with Gasteiger partial charge in [-0.3, -0.25) is 9.89 Å². The number of guanidine groups is 1. The number of hydrogen-bond donors (Lipinski definition) is 2. The molecule has 140 valence electrons. The van der Waals surface area contributed by atoms with Crippen LogP contribution in [0.15, 0.2) is 23.2 Å². The SMILES string of the molecule is CCN1CCCC1CNC(=NC)NCCc1ccc2c(c1)OCO2.I. The van der Waals surface area contributed by atoms with Crippen molar-refractivity contribution in [3.63, 3.8) is 0 Å². The number of hydrogen-bond acceptors (Lipinski definition) is 4. The number of nitrogens with one attached hydrogen (secondary N) is 2. The fourth-order valence-corrected chi connectivity index (χ4v) is 3.40. The van der Waals surface area contributed by atoms with E-state index in [0.717, 1.165) is 43.5 Å². The van der Waals surface area contributed by atoms with Crippen molar-refractivity contribution in [1.82, 2.24) is 15.5 Å². The van der Waals surface area contributed by atoms with E-state index in [2.05, 4.69) is 39.6 Å². The zero-order valence-corrected chi connectivity index (χ0v) is 17.4. The molecule has 1 aromatic rings. The Bertz CT molecular complexity index is 582. The first kappa shape index (κ1) is 20.1. The quantitative estimate of drug-likeness (QED) is 0.388. The molecular weight excluding hydrogens is 431 g/mol. The second-order valence-electron chi connectivity index (χ2n) is 6.24. The minimum absolute atomic E-state index is 0. The lowest BCUT2D eigenvalue weighted by atomic mass is 10.1. The zero-order valence-electron chi connectivity index (χ0n) is 15.1. The number of aliphatic imine (C=N–C) groups is 1. The van der Waals surface area contributed by atoms with Crippen LogP contribution in [-0.2, 0) is 6.42 Å². The van der Waals surface area contributed by atoms with Gasteiger partial charge in [-0.2, -0.15) is 0 Å². The largest absolute Gasteiger partial charge is 0.454 e. The Labute approximate surface area is 167 Å². The number of benzene rings is 1. The van der Waals surface area contributed by atoms with Crippen LogP contribution in [0.2, 0.25) is 0 Å². The van der Waals surface area contributed by atoms with E-state index in [4.69, 9.17) is 9.47 Å². The summed E-state index contributed by atoms with van der Waals surface area (Å²) in [5.74, 6) is 2.55. The van der Waals surface area contributed by atoms with Crippen LogP contribution in [0.25, 0.3) is 0 Å². The molecular formula is C18H29IN4O2. The summed E-state index contributed by atoms with van der Waals surface area (Å²) in [6, 6.07) is 6.74. The Morgan fingerprint density at radius 2 is 2.12 bits per heavy atom. The zero-order chi connectivity index (χ0) is 16.8. The fourth-order valence-electron chi connectivity index (χ4n) is 3.40. The van der Waals surface area contributed by atoms with Crippen LogP contribution in [-0.4, -0.2) is 56.9 Å². The van der Waals surface area contributed by atoms with Crippen molar-refractivity contribution in [2.75, 3.05) is 40.0 Å². The number of fused-ring (bicyclic) bond motifs is 1. The summed E-state index contributed by atoms with van der Waals surface area (Å²) in [4.78, 5) is 6.85. The number of likely N-dealkylation sites (tertiary alicyclic amines) is 1. The second-order valence-corrected chi connectivity index (χ2v) is 6.24. The van der Waals surface area contributed by atoms with Crippen molar-refractivity contribution >= 4 is 29.9 Å². The maximum Gasteiger partial charge on any atom is 0.231 e. The molecule has 2 N–H and O–H groups in total. The number of nitrogens with zero attached hydrogens (tertiary/aromatic N) is 2. The molecule has 2 aliphatic heterocycles. The van der Waals surface area contributed by atoms with Gasteiger partial charge < -0.3 is 20.1 Å². The average molecular weight is 460 g/mol. The van der Waals surface area contributed by atoms with Gasteiger partial charge in [-0.1, -0.05) is 13.0 Å². The minimum atomic E-state index is 0. The van der Waals surface area contributed by atoms with E-state index in [9.17, 15) is 0 Å². The molecule has 1 fully saturated rings. The molecule has 0 saturated carbocycles. The summed E-state index contributed by atoms with van der Waals surface area (Å²) in [5.41, 5.74) is 1.23. The van der Waals surface area contributed by atoms with Crippen LogP contribution >= 0.6 is 24.0 Å². The first-order chi connectivity index (χ1) is 11.8. The maximum absolute atomic E-state index is 5.42. The van der Waals surface area contributed by atoms with Gasteiger partial charge in [0.1, 0.15) is 0 Å². The topological polar surface area (TPSA) is 58.1 Å². The van der Waals surface area contributed by atoms with Crippen molar-refractivity contribution in [2.24, 2.45) is 4.99 Å². The third kappa shape index (κ3) is 5.37. The highest BCUT2D eigenvalue weighted by atomic mass is 127. The van der Waals surface area contributed by atoms with Crippen molar-refractivity contribution < 1.29 is 9.47 Å². The van der Waals surface area contributed by atoms with Gasteiger partial charge in [0.25, 0.3) is 0 Å². The molecule has 0 bridgehead atoms. The Hall–Kier alpha value is -1.22. The molecule has 1 saturated heterocycles. The van der Waals surface area contributed by atoms with E-state index in [1.54, 1.807) is 0 Å². The maximum atomic E-state index is 5.42. The molecule has 6 nitrogen and oxygen atoms in total. The van der Waals surface area contributed by atoms with Crippen LogP contribution in [0.3, 0.4) is 0 Å². The first-order valence-corrected chi connectivity index (χ1v) is 8.87. The lowest BCUT2D eigenvalue weighted by Crippen LogP contribution is -2.45. The van der Waals surface area contributed by atoms with E-state index in [1.165, 1.54) is 24.9 Å². The van der Waals surface area contributed by atoms with Gasteiger partial charge in [0, 0.05) is 26.2 Å². The molecule has 1 atom stereocenters. The summed E-state index contributed by atoms with van der Waals surface area (Å²) in [5, 5.41) is 6.85. The van der Waals surface area contributed by atoms with Gasteiger partial charge in [-0.05, 0) is 50.0 Å². The van der Waals surface area contributed by atoms with Gasteiger partial charge in [0.2, 0.25) is 6.79 Å². The monoisotopic (exact) mass is 460 g/mol. The van der Waals surface area contributed by atoms with Gasteiger partial charge >= 0.3 is 0 Å². The molecule has 0 spiro atoms. The molecule has 2 heterocycles. The Balaban J connectivity index is 0.00000225. The number of halogens is 1. The average Bonchev–Trinajstić information content (AvgIpc) is 3.25. The Morgan fingerprint density at radius 1 is 1.28 bits per heavy atom. The Kier molecular flexibility index (Phi) is 8.08. The highest BCUT2D eigenvalue weighted by molar-refractivity contribution is 14.0. The highest BCUT2D eigenvalue weighted by Crippen LogP contribution is 2.32. The third-order valence-electron chi connectivity index (χ3n) is 4.78. The van der Waals surface area contributed by atoms with E-state index in [0.29, 0.717) is 12.8 Å². The van der Waals surface area contributed by atoms with Crippen LogP contribution in [0.4, 0.5) is 0 Å². The van der Waals surface area contributed by atoms with Crippen molar-refractivity contribution in [3.8, 4) is 11.5 Å². The first-order valence-electron chi connectivity index (χ1n) is 8.87. The third-order valence-corrected chi connectivity index (χ3v) is 4.78. The van der Waals surface area contributed by atoms with Crippen LogP contribution < -0.4 is 20.1 Å². The summed E-state index contributed by atoms with van der Waals surface area (Å²) in [6.45, 7) is 6.70. The van der Waals surface area contributed by atoms with Crippen molar-refractivity contribution in [3.05, 3.63) is 23.8 Å². The normalized spacial score (nSPS) is 19.6. The van der Waals surface area contributed by atoms with E-state index >= 15 is 0 Å². The molecule has 0 radical (unpaired) electrons. The highest BCUT2D eigenvalue weighted by Gasteiger charge is 2.22. The number of rotatable bonds is 6. The van der Waals surface area contributed by atoms with E-state index < -0.39 is 0 Å². The lowest BCUT2D eigenvalue weighted by Gasteiger charge is -2.24. The van der Waals surface area contributed by atoms with E-state index in [1.807, 2.05) is 13.1 Å². The lowest BCUT2D eigenvalue weighted by molar-refractivity contribution is 0.174. The molecule has 25 heavy (non-hydrogen) atoms. The molecule has 1 aromatic carbocycles. The van der Waals surface area contributed by atoms with Gasteiger partial charge in [-0.25, -0.2) is 0 Å². The number of likely N-dealkylation sites (N-methyl/N-ethyl adjacent to an activating group) is 1. The molecule has 7 heteroatoms. The predicted octanol–water partition coefficient (Wildman–Crippen LogP) is 2.23. The van der Waals surface area contributed by atoms with Crippen molar-refractivity contribution in [1.29, 1.82) is 0 Å². The summed E-state index contributed by atoms with van der Waals surface area (Å²) < 4.78 is 10.8. The van der Waals surface area contributed by atoms with Gasteiger partial charge in [-0.15, -0.1) is 24.0 Å². The smallest absolute Gasteiger partial charge is 0.231 e. The number of ether oxygens (including phenoxy) is 2. The summed E-state index contributed by atoms with van der Waals surface area (Å²) in [7, 11) is 1.82. The predicted molar refractivity (Wildman–Crippen MR) is 111 cm³/mol. The molecule has 0 aromatic heterocycles. The summed E-state index contributed by atoms with van der Waals surface area (Å²) in [6.07, 6.45) is 3.49. The van der Waals surface area contributed by atoms with Crippen LogP contribution in [0.1, 0.15) is 25.3 Å². The molecule has 0 aliphatic carbocycles. The fraction of sp³-hybridized carbons (Fsp3) is 0.611. The van der Waals surface area contributed by atoms with Crippen LogP contribution in [0.5, 0.6) is 11.5 Å². The standard InChI is InChI=1S/C18H28N4O2.HI/c1-3-22-10-4-5-15(22)12-21-18(19-2)20-9-8-14-6-7-16-17(11-14)24-13-23-16;/h6-7,11,15H,3-5,8-10,12-13H2,1-2H3,(H2,19,20,21);1H. The summed E-state index contributed by atoms with van der Waals surface area (Å²) >= 11 is 0. The van der Waals surface area contributed by atoms with E-state index in [-0.39, 0.29) is 24.0 Å². The van der Waals surface area contributed by atoms with Gasteiger partial charge in [0.05, 0.1) is 0 Å². The molecule has 1 unspecified atom stereocenters. The second kappa shape index (κ2) is 10.1. The Morgan fingerprint density at radius 3 is 2.92 bits per heavy atom. The molecule has 0 amide bonds. The van der Waals surface area contributed by atoms with Gasteiger partial charge in [0.15, 0.2) is 17.5 Å². The van der Waals surface area contributed by atoms with Crippen molar-refractivity contribution in [2.45, 2.75) is 32.2 Å². The minimum Gasteiger partial charge on any atom is -0.454 e. The van der Waals surface area contributed by atoms with Crippen LogP contribution in [0, 0.1) is 0 Å². The molecule has 3 rings (SSSR count).